The van der Waals surface area contributed by atoms with E-state index in [2.05, 4.69) is 30.2 Å². The van der Waals surface area contributed by atoms with Crippen LogP contribution in [0.2, 0.25) is 0 Å². The van der Waals surface area contributed by atoms with Crippen molar-refractivity contribution in [3.8, 4) is 0 Å². The first kappa shape index (κ1) is 14.0. The molecule has 2 rings (SSSR count). The van der Waals surface area contributed by atoms with Gasteiger partial charge in [-0.05, 0) is 24.6 Å². The second kappa shape index (κ2) is 6.66. The minimum Gasteiger partial charge on any atom is -0.338 e. The van der Waals surface area contributed by atoms with Crippen LogP contribution in [0, 0.1) is 0 Å². The van der Waals surface area contributed by atoms with Gasteiger partial charge in [0.05, 0.1) is 0 Å². The van der Waals surface area contributed by atoms with Gasteiger partial charge in [0.2, 0.25) is 5.91 Å². The summed E-state index contributed by atoms with van der Waals surface area (Å²) in [6, 6.07) is 4.50. The Bertz CT molecular complexity index is 431. The van der Waals surface area contributed by atoms with Gasteiger partial charge in [0.25, 0.3) is 0 Å². The van der Waals surface area contributed by atoms with E-state index in [1.807, 2.05) is 17.2 Å². The predicted octanol–water partition coefficient (Wildman–Crippen LogP) is 1.74. The monoisotopic (exact) mass is 261 g/mol. The minimum absolute atomic E-state index is 0.264. The molecule has 0 unspecified atom stereocenters. The van der Waals surface area contributed by atoms with Gasteiger partial charge in [-0.1, -0.05) is 19.9 Å². The summed E-state index contributed by atoms with van der Waals surface area (Å²) < 4.78 is 0. The molecule has 0 bridgehead atoms. The summed E-state index contributed by atoms with van der Waals surface area (Å²) >= 11 is 0. The quantitative estimate of drug-likeness (QED) is 0.821. The van der Waals surface area contributed by atoms with Crippen LogP contribution in [-0.4, -0.2) is 34.9 Å². The van der Waals surface area contributed by atoms with E-state index in [-0.39, 0.29) is 5.91 Å². The highest BCUT2D eigenvalue weighted by Crippen LogP contribution is 2.17. The zero-order valence-electron chi connectivity index (χ0n) is 11.9. The number of nitrogens with one attached hydrogen (secondary N) is 1. The smallest absolute Gasteiger partial charge is 0.222 e. The Labute approximate surface area is 115 Å². The average Bonchev–Trinajstić information content (AvgIpc) is 2.42. The summed E-state index contributed by atoms with van der Waals surface area (Å²) in [6.07, 6.45) is 4.25. The third kappa shape index (κ3) is 4.03. The first-order valence-electron chi connectivity index (χ1n) is 7.10. The summed E-state index contributed by atoms with van der Waals surface area (Å²) in [5.74, 6) is 0.264. The van der Waals surface area contributed by atoms with Crippen LogP contribution in [0.25, 0.3) is 0 Å². The minimum atomic E-state index is 0.264. The van der Waals surface area contributed by atoms with Crippen molar-refractivity contribution in [3.63, 3.8) is 0 Å². The van der Waals surface area contributed by atoms with Crippen LogP contribution in [0.5, 0.6) is 0 Å². The Balaban J connectivity index is 1.79. The topological polar surface area (TPSA) is 45.2 Å². The van der Waals surface area contributed by atoms with Gasteiger partial charge in [0, 0.05) is 43.9 Å². The number of carbonyl (C=O) groups excluding carboxylic acids is 1. The van der Waals surface area contributed by atoms with Crippen LogP contribution < -0.4 is 5.32 Å². The van der Waals surface area contributed by atoms with Gasteiger partial charge in [-0.15, -0.1) is 0 Å². The van der Waals surface area contributed by atoms with Gasteiger partial charge in [0.15, 0.2) is 0 Å². The molecule has 4 heteroatoms. The fourth-order valence-electron chi connectivity index (χ4n) is 2.37. The SMILES string of the molecule is CC(C)NCCCC(=O)N1CCc2ncccc2C1. The summed E-state index contributed by atoms with van der Waals surface area (Å²) in [5.41, 5.74) is 2.34. The van der Waals surface area contributed by atoms with E-state index in [0.29, 0.717) is 12.5 Å². The number of fused-ring (bicyclic) bond motifs is 1. The lowest BCUT2D eigenvalue weighted by Crippen LogP contribution is -2.36. The third-order valence-electron chi connectivity index (χ3n) is 3.44. The van der Waals surface area contributed by atoms with Gasteiger partial charge in [0.1, 0.15) is 0 Å². The maximum atomic E-state index is 12.1. The molecule has 4 nitrogen and oxygen atoms in total. The van der Waals surface area contributed by atoms with Crippen molar-refractivity contribution in [2.75, 3.05) is 13.1 Å². The normalized spacial score (nSPS) is 14.6. The van der Waals surface area contributed by atoms with E-state index in [1.54, 1.807) is 0 Å². The van der Waals surface area contributed by atoms with Gasteiger partial charge >= 0.3 is 0 Å². The standard InChI is InChI=1S/C15H23N3O/c1-12(2)16-8-4-6-15(19)18-10-7-14-13(11-18)5-3-9-17-14/h3,5,9,12,16H,4,6-8,10-11H2,1-2H3. The number of amides is 1. The summed E-state index contributed by atoms with van der Waals surface area (Å²) in [5, 5.41) is 3.34. The molecule has 1 N–H and O–H groups in total. The van der Waals surface area contributed by atoms with Crippen LogP contribution in [0.3, 0.4) is 0 Å². The Morgan fingerprint density at radius 2 is 2.37 bits per heavy atom. The molecule has 0 aliphatic carbocycles. The molecule has 19 heavy (non-hydrogen) atoms. The number of aromatic nitrogens is 1. The average molecular weight is 261 g/mol. The highest BCUT2D eigenvalue weighted by Gasteiger charge is 2.20. The number of hydrogen-bond acceptors (Lipinski definition) is 3. The van der Waals surface area contributed by atoms with Gasteiger partial charge < -0.3 is 10.2 Å². The fraction of sp³-hybridized carbons (Fsp3) is 0.600. The first-order chi connectivity index (χ1) is 9.16. The zero-order valence-corrected chi connectivity index (χ0v) is 11.9. The van der Waals surface area contributed by atoms with Crippen molar-refractivity contribution < 1.29 is 4.79 Å². The van der Waals surface area contributed by atoms with Crippen molar-refractivity contribution in [1.29, 1.82) is 0 Å². The summed E-state index contributed by atoms with van der Waals surface area (Å²) in [7, 11) is 0. The molecule has 0 saturated carbocycles. The maximum absolute atomic E-state index is 12.1. The lowest BCUT2D eigenvalue weighted by molar-refractivity contribution is -0.132. The van der Waals surface area contributed by atoms with Crippen LogP contribution in [0.15, 0.2) is 18.3 Å². The molecule has 1 aliphatic rings. The molecule has 1 aromatic rings. The van der Waals surface area contributed by atoms with Gasteiger partial charge in [-0.3, -0.25) is 9.78 Å². The molecule has 0 fully saturated rings. The highest BCUT2D eigenvalue weighted by molar-refractivity contribution is 5.76. The fourth-order valence-corrected chi connectivity index (χ4v) is 2.37. The van der Waals surface area contributed by atoms with E-state index in [1.165, 1.54) is 5.56 Å². The summed E-state index contributed by atoms with van der Waals surface area (Å²) in [4.78, 5) is 18.4. The Morgan fingerprint density at radius 3 is 3.16 bits per heavy atom. The molecular weight excluding hydrogens is 238 g/mol. The van der Waals surface area contributed by atoms with Crippen molar-refractivity contribution in [2.24, 2.45) is 0 Å². The lowest BCUT2D eigenvalue weighted by atomic mass is 10.1. The highest BCUT2D eigenvalue weighted by atomic mass is 16.2. The number of rotatable bonds is 5. The Hall–Kier alpha value is -1.42. The molecule has 0 radical (unpaired) electrons. The molecule has 0 saturated heterocycles. The number of hydrogen-bond donors (Lipinski definition) is 1. The van der Waals surface area contributed by atoms with Crippen molar-refractivity contribution in [2.45, 2.75) is 45.7 Å². The lowest BCUT2D eigenvalue weighted by Gasteiger charge is -2.28. The van der Waals surface area contributed by atoms with Crippen LogP contribution in [-0.2, 0) is 17.8 Å². The van der Waals surface area contributed by atoms with E-state index >= 15 is 0 Å². The molecule has 0 atom stereocenters. The Kier molecular flexibility index (Phi) is 4.91. The van der Waals surface area contributed by atoms with Crippen LogP contribution in [0.4, 0.5) is 0 Å². The predicted molar refractivity (Wildman–Crippen MR) is 75.7 cm³/mol. The molecule has 0 spiro atoms. The molecule has 1 aliphatic heterocycles. The second-order valence-corrected chi connectivity index (χ2v) is 5.39. The molecule has 1 amide bonds. The number of nitrogens with zero attached hydrogens (tertiary/aromatic N) is 2. The van der Waals surface area contributed by atoms with E-state index in [0.717, 1.165) is 38.2 Å². The van der Waals surface area contributed by atoms with Gasteiger partial charge in [-0.2, -0.15) is 0 Å². The molecule has 104 valence electrons. The van der Waals surface area contributed by atoms with Crippen molar-refractivity contribution in [1.82, 2.24) is 15.2 Å². The van der Waals surface area contributed by atoms with Gasteiger partial charge in [-0.25, -0.2) is 0 Å². The van der Waals surface area contributed by atoms with E-state index in [4.69, 9.17) is 0 Å². The van der Waals surface area contributed by atoms with E-state index in [9.17, 15) is 4.79 Å². The van der Waals surface area contributed by atoms with Crippen molar-refractivity contribution >= 4 is 5.91 Å². The van der Waals surface area contributed by atoms with Crippen molar-refractivity contribution in [3.05, 3.63) is 29.6 Å². The third-order valence-corrected chi connectivity index (χ3v) is 3.44. The molecule has 0 aromatic carbocycles. The maximum Gasteiger partial charge on any atom is 0.222 e. The zero-order chi connectivity index (χ0) is 13.7. The largest absolute Gasteiger partial charge is 0.338 e. The second-order valence-electron chi connectivity index (χ2n) is 5.39. The van der Waals surface area contributed by atoms with Crippen LogP contribution in [0.1, 0.15) is 37.9 Å². The first-order valence-corrected chi connectivity index (χ1v) is 7.10. The Morgan fingerprint density at radius 1 is 1.53 bits per heavy atom. The molecular formula is C15H23N3O. The molecule has 2 heterocycles. The number of carbonyl (C=O) groups is 1. The number of pyridine rings is 1. The van der Waals surface area contributed by atoms with Crippen LogP contribution >= 0.6 is 0 Å². The summed E-state index contributed by atoms with van der Waals surface area (Å²) in [6.45, 7) is 6.68. The molecule has 1 aromatic heterocycles. The van der Waals surface area contributed by atoms with E-state index < -0.39 is 0 Å².